The van der Waals surface area contributed by atoms with Crippen molar-refractivity contribution in [3.8, 4) is 0 Å². The lowest BCUT2D eigenvalue weighted by molar-refractivity contribution is -0.118. The van der Waals surface area contributed by atoms with Gasteiger partial charge in [0.25, 0.3) is 0 Å². The number of hydrogen-bond acceptors (Lipinski definition) is 4. The molecule has 0 spiro atoms. The number of carbonyl (C=O) groups is 1. The molecule has 2 aromatic carbocycles. The normalized spacial score (nSPS) is 11.0. The molecule has 0 aliphatic heterocycles. The third-order valence-electron chi connectivity index (χ3n) is 4.36. The first kappa shape index (κ1) is 23.2. The van der Waals surface area contributed by atoms with Crippen molar-refractivity contribution in [3.05, 3.63) is 59.2 Å². The maximum Gasteiger partial charge on any atom is 0.233 e. The third kappa shape index (κ3) is 5.95. The molecule has 3 aromatic rings. The van der Waals surface area contributed by atoms with Crippen molar-refractivity contribution in [2.45, 2.75) is 19.8 Å². The highest BCUT2D eigenvalue weighted by Crippen LogP contribution is 2.31. The van der Waals surface area contributed by atoms with E-state index < -0.39 is 11.6 Å². The Bertz CT molecular complexity index is 993. The fraction of sp³-hybridized carbons (Fsp3) is 0.333. The van der Waals surface area contributed by atoms with E-state index in [0.29, 0.717) is 16.4 Å². The van der Waals surface area contributed by atoms with E-state index in [2.05, 4.69) is 4.98 Å². The van der Waals surface area contributed by atoms with Gasteiger partial charge in [-0.2, -0.15) is 0 Å². The molecule has 0 atom stereocenters. The zero-order valence-corrected chi connectivity index (χ0v) is 18.2. The van der Waals surface area contributed by atoms with Gasteiger partial charge in [0, 0.05) is 12.6 Å². The van der Waals surface area contributed by atoms with Crippen LogP contribution < -0.4 is 4.90 Å². The van der Waals surface area contributed by atoms with Crippen LogP contribution in [0.5, 0.6) is 0 Å². The van der Waals surface area contributed by atoms with Gasteiger partial charge in [0.2, 0.25) is 5.91 Å². The first-order chi connectivity index (χ1) is 13.3. The van der Waals surface area contributed by atoms with Gasteiger partial charge in [0.05, 0.1) is 11.1 Å². The molecule has 0 saturated carbocycles. The smallest absolute Gasteiger partial charge is 0.233 e. The van der Waals surface area contributed by atoms with Crippen LogP contribution >= 0.6 is 23.7 Å². The largest absolute Gasteiger partial charge is 0.309 e. The molecule has 0 fully saturated rings. The van der Waals surface area contributed by atoms with E-state index in [-0.39, 0.29) is 30.3 Å². The molecule has 8 heteroatoms. The van der Waals surface area contributed by atoms with Crippen LogP contribution in [0, 0.1) is 18.6 Å². The minimum absolute atomic E-state index is 0. The highest BCUT2D eigenvalue weighted by atomic mass is 35.5. The van der Waals surface area contributed by atoms with E-state index in [1.54, 1.807) is 4.90 Å². The molecule has 0 aliphatic rings. The summed E-state index contributed by atoms with van der Waals surface area (Å²) in [6.45, 7) is 3.25. The van der Waals surface area contributed by atoms with Crippen LogP contribution in [-0.4, -0.2) is 43.0 Å². The van der Waals surface area contributed by atoms with Crippen LogP contribution in [0.25, 0.3) is 10.2 Å². The van der Waals surface area contributed by atoms with Crippen molar-refractivity contribution in [2.75, 3.05) is 32.1 Å². The van der Waals surface area contributed by atoms with Crippen molar-refractivity contribution < 1.29 is 13.6 Å². The minimum atomic E-state index is -0.711. The second kappa shape index (κ2) is 10.1. The molecule has 1 amide bonds. The Morgan fingerprint density at radius 2 is 1.90 bits per heavy atom. The molecule has 0 N–H and O–H groups in total. The second-order valence-corrected chi connectivity index (χ2v) is 8.11. The molecule has 1 aromatic heterocycles. The summed E-state index contributed by atoms with van der Waals surface area (Å²) in [6.07, 6.45) is 0.982. The van der Waals surface area contributed by atoms with Gasteiger partial charge in [0.15, 0.2) is 10.9 Å². The summed E-state index contributed by atoms with van der Waals surface area (Å²) >= 11 is 1.13. The first-order valence-corrected chi connectivity index (χ1v) is 9.91. The number of aryl methyl sites for hydroxylation is 1. The van der Waals surface area contributed by atoms with Crippen LogP contribution in [0.1, 0.15) is 17.5 Å². The van der Waals surface area contributed by atoms with E-state index in [1.807, 2.05) is 50.2 Å². The lowest BCUT2D eigenvalue weighted by Crippen LogP contribution is -2.34. The molecular weight excluding hydrogens is 416 g/mol. The van der Waals surface area contributed by atoms with E-state index in [9.17, 15) is 13.6 Å². The standard InChI is InChI=1S/C21H23F2N3OS.ClH/c1-14-6-4-7-15(10-14)11-19(27)26(9-5-8-25(2)3)21-24-20-17(23)12-16(22)13-18(20)28-21;/h4,6-7,10,12-13H,5,8-9,11H2,1-3H3;1H. The van der Waals surface area contributed by atoms with Crippen molar-refractivity contribution in [3.63, 3.8) is 0 Å². The summed E-state index contributed by atoms with van der Waals surface area (Å²) in [5.74, 6) is -1.47. The number of rotatable bonds is 7. The van der Waals surface area contributed by atoms with E-state index in [1.165, 1.54) is 6.07 Å². The number of anilines is 1. The molecule has 0 unspecified atom stereocenters. The number of amides is 1. The summed E-state index contributed by atoms with van der Waals surface area (Å²) in [5.41, 5.74) is 2.10. The van der Waals surface area contributed by atoms with Gasteiger partial charge in [-0.1, -0.05) is 41.2 Å². The number of thiazole rings is 1. The molecule has 156 valence electrons. The van der Waals surface area contributed by atoms with Gasteiger partial charge in [-0.15, -0.1) is 12.4 Å². The monoisotopic (exact) mass is 439 g/mol. The lowest BCUT2D eigenvalue weighted by atomic mass is 10.1. The number of hydrogen-bond donors (Lipinski definition) is 0. The summed E-state index contributed by atoms with van der Waals surface area (Å²) in [7, 11) is 3.93. The maximum atomic E-state index is 14.1. The zero-order valence-electron chi connectivity index (χ0n) is 16.6. The summed E-state index contributed by atoms with van der Waals surface area (Å²) in [4.78, 5) is 21.0. The summed E-state index contributed by atoms with van der Waals surface area (Å²) < 4.78 is 28.0. The van der Waals surface area contributed by atoms with Crippen LogP contribution in [0.15, 0.2) is 36.4 Å². The molecule has 0 saturated heterocycles. The maximum absolute atomic E-state index is 14.1. The molecule has 0 radical (unpaired) electrons. The number of aromatic nitrogens is 1. The Morgan fingerprint density at radius 3 is 2.59 bits per heavy atom. The Labute approximate surface area is 179 Å². The Morgan fingerprint density at radius 1 is 1.14 bits per heavy atom. The molecule has 3 rings (SSSR count). The topological polar surface area (TPSA) is 36.4 Å². The highest BCUT2D eigenvalue weighted by Gasteiger charge is 2.21. The predicted octanol–water partition coefficient (Wildman–Crippen LogP) is 4.83. The predicted molar refractivity (Wildman–Crippen MR) is 117 cm³/mol. The Balaban J connectivity index is 0.00000300. The van der Waals surface area contributed by atoms with Crippen molar-refractivity contribution in [2.24, 2.45) is 0 Å². The van der Waals surface area contributed by atoms with Gasteiger partial charge in [-0.25, -0.2) is 13.8 Å². The average Bonchev–Trinajstić information content (AvgIpc) is 3.02. The first-order valence-electron chi connectivity index (χ1n) is 9.09. The molecule has 29 heavy (non-hydrogen) atoms. The van der Waals surface area contributed by atoms with Crippen molar-refractivity contribution in [1.29, 1.82) is 0 Å². The quantitative estimate of drug-likeness (QED) is 0.529. The van der Waals surface area contributed by atoms with Gasteiger partial charge in [0.1, 0.15) is 11.3 Å². The fourth-order valence-electron chi connectivity index (χ4n) is 3.03. The molecular formula is C21H24ClF2N3OS. The van der Waals surface area contributed by atoms with Gasteiger partial charge in [-0.3, -0.25) is 9.69 Å². The van der Waals surface area contributed by atoms with Gasteiger partial charge < -0.3 is 4.90 Å². The van der Waals surface area contributed by atoms with E-state index in [4.69, 9.17) is 0 Å². The minimum Gasteiger partial charge on any atom is -0.309 e. The summed E-state index contributed by atoms with van der Waals surface area (Å²) in [5, 5.41) is 0.399. The highest BCUT2D eigenvalue weighted by molar-refractivity contribution is 7.22. The molecule has 4 nitrogen and oxygen atoms in total. The zero-order chi connectivity index (χ0) is 20.3. The number of nitrogens with zero attached hydrogens (tertiary/aromatic N) is 3. The molecule has 0 bridgehead atoms. The van der Waals surface area contributed by atoms with Crippen LogP contribution in [0.2, 0.25) is 0 Å². The fourth-order valence-corrected chi connectivity index (χ4v) is 4.07. The van der Waals surface area contributed by atoms with Gasteiger partial charge >= 0.3 is 0 Å². The van der Waals surface area contributed by atoms with Crippen LogP contribution in [0.3, 0.4) is 0 Å². The molecule has 1 heterocycles. The third-order valence-corrected chi connectivity index (χ3v) is 5.38. The second-order valence-electron chi connectivity index (χ2n) is 7.10. The van der Waals surface area contributed by atoms with Crippen molar-refractivity contribution in [1.82, 2.24) is 9.88 Å². The number of halogens is 3. The number of fused-ring (bicyclic) bond motifs is 1. The van der Waals surface area contributed by atoms with E-state index >= 15 is 0 Å². The van der Waals surface area contributed by atoms with Crippen LogP contribution in [0.4, 0.5) is 13.9 Å². The van der Waals surface area contributed by atoms with Gasteiger partial charge in [-0.05, 0) is 45.6 Å². The van der Waals surface area contributed by atoms with E-state index in [0.717, 1.165) is 41.5 Å². The number of benzene rings is 2. The Kier molecular flexibility index (Phi) is 8.07. The number of carbonyl (C=O) groups excluding carboxylic acids is 1. The lowest BCUT2D eigenvalue weighted by Gasteiger charge is -2.21. The van der Waals surface area contributed by atoms with Crippen LogP contribution in [-0.2, 0) is 11.2 Å². The Hall–Kier alpha value is -2.09. The molecule has 0 aliphatic carbocycles. The summed E-state index contributed by atoms with van der Waals surface area (Å²) in [6, 6.07) is 9.86. The SMILES string of the molecule is Cc1cccc(CC(=O)N(CCCN(C)C)c2nc3c(F)cc(F)cc3s2)c1.Cl. The average molecular weight is 440 g/mol. The van der Waals surface area contributed by atoms with Crippen molar-refractivity contribution >= 4 is 45.0 Å².